The van der Waals surface area contributed by atoms with Crippen LogP contribution < -0.4 is 0 Å². The fraction of sp³-hybridized carbons (Fsp3) is 0. The highest BCUT2D eigenvalue weighted by Gasteiger charge is 2.20. The molecule has 48 heavy (non-hydrogen) atoms. The summed E-state index contributed by atoms with van der Waals surface area (Å²) in [6.45, 7) is 0. The van der Waals surface area contributed by atoms with E-state index in [2.05, 4.69) is 152 Å². The topological polar surface area (TPSA) is 38.7 Å². The Morgan fingerprint density at radius 3 is 1.96 bits per heavy atom. The van der Waals surface area contributed by atoms with E-state index in [1.807, 2.05) is 11.3 Å². The van der Waals surface area contributed by atoms with E-state index in [9.17, 15) is 0 Å². The number of hydrogen-bond acceptors (Lipinski definition) is 4. The van der Waals surface area contributed by atoms with Crippen LogP contribution >= 0.6 is 22.7 Å². The Morgan fingerprint density at radius 1 is 0.396 bits per heavy atom. The van der Waals surface area contributed by atoms with Crippen LogP contribution in [0.15, 0.2) is 152 Å². The second-order valence-corrected chi connectivity index (χ2v) is 14.4. The van der Waals surface area contributed by atoms with Gasteiger partial charge in [-0.15, -0.1) is 11.3 Å². The van der Waals surface area contributed by atoms with Crippen molar-refractivity contribution in [2.24, 2.45) is 0 Å². The van der Waals surface area contributed by atoms with Crippen molar-refractivity contribution >= 4 is 73.8 Å². The molecule has 0 amide bonds. The molecule has 3 nitrogen and oxygen atoms in total. The zero-order valence-electron chi connectivity index (χ0n) is 25.6. The van der Waals surface area contributed by atoms with Gasteiger partial charge in [0.1, 0.15) is 0 Å². The van der Waals surface area contributed by atoms with Gasteiger partial charge in [0.15, 0.2) is 26.9 Å². The van der Waals surface area contributed by atoms with Crippen LogP contribution in [0.2, 0.25) is 0 Å². The van der Waals surface area contributed by atoms with Gasteiger partial charge in [0.05, 0.1) is 5.39 Å². The molecule has 7 aromatic carbocycles. The third-order valence-electron chi connectivity index (χ3n) is 9.17. The second-order valence-electron chi connectivity index (χ2n) is 12.1. The quantitative estimate of drug-likeness (QED) is 0.178. The van der Waals surface area contributed by atoms with Gasteiger partial charge in [-0.25, -0.2) is 15.0 Å². The lowest BCUT2D eigenvalue weighted by atomic mass is 9.99. The lowest BCUT2D eigenvalue weighted by Gasteiger charge is -2.10. The number of aromatic nitrogens is 3. The summed E-state index contributed by atoms with van der Waals surface area (Å²) in [5, 5.41) is 7.45. The number of rotatable bonds is 4. The van der Waals surface area contributed by atoms with E-state index < -0.39 is 0 Å². The molecule has 0 saturated carbocycles. The number of hydrogen-bond donors (Lipinski definition) is 0. The summed E-state index contributed by atoms with van der Waals surface area (Å²) in [4.78, 5) is 15.6. The average Bonchev–Trinajstić information content (AvgIpc) is 3.72. The first-order chi connectivity index (χ1) is 23.7. The smallest absolute Gasteiger partial charge is 0.180 e. The lowest BCUT2D eigenvalue weighted by molar-refractivity contribution is 1.08. The van der Waals surface area contributed by atoms with Crippen LogP contribution in [0.3, 0.4) is 0 Å². The summed E-state index contributed by atoms with van der Waals surface area (Å²) in [7, 11) is 0. The first-order valence-corrected chi connectivity index (χ1v) is 17.7. The highest BCUT2D eigenvalue weighted by atomic mass is 32.1. The average molecular weight is 649 g/mol. The maximum absolute atomic E-state index is 5.21. The first kappa shape index (κ1) is 27.4. The lowest BCUT2D eigenvalue weighted by Crippen LogP contribution is -2.00. The summed E-state index contributed by atoms with van der Waals surface area (Å²) >= 11 is 3.02. The van der Waals surface area contributed by atoms with Crippen molar-refractivity contribution in [2.45, 2.75) is 0 Å². The van der Waals surface area contributed by atoms with Gasteiger partial charge in [0.2, 0.25) is 0 Å². The zero-order valence-corrected chi connectivity index (χ0v) is 27.3. The number of fused-ring (bicyclic) bond motifs is 7. The molecule has 0 atom stereocenters. The van der Waals surface area contributed by atoms with Crippen LogP contribution in [0.4, 0.5) is 0 Å². The van der Waals surface area contributed by atoms with Gasteiger partial charge >= 0.3 is 0 Å². The number of thiophene rings is 2. The van der Waals surface area contributed by atoms with Crippen LogP contribution in [0.25, 0.3) is 96.4 Å². The molecule has 0 aliphatic carbocycles. The molecule has 224 valence electrons. The summed E-state index contributed by atoms with van der Waals surface area (Å²) in [5.41, 5.74) is 5.26. The monoisotopic (exact) mass is 648 g/mol. The molecule has 0 saturated heterocycles. The van der Waals surface area contributed by atoms with Gasteiger partial charge in [-0.1, -0.05) is 109 Å². The maximum atomic E-state index is 5.21. The maximum Gasteiger partial charge on any atom is 0.180 e. The van der Waals surface area contributed by atoms with Crippen LogP contribution in [0.5, 0.6) is 0 Å². The number of nitrogens with zero attached hydrogens (tertiary/aromatic N) is 3. The Balaban J connectivity index is 1.19. The van der Waals surface area contributed by atoms with E-state index in [1.54, 1.807) is 0 Å². The van der Waals surface area contributed by atoms with Crippen LogP contribution in [-0.2, 0) is 0 Å². The molecule has 0 bridgehead atoms. The minimum Gasteiger partial charge on any atom is -0.208 e. The van der Waals surface area contributed by atoms with Crippen molar-refractivity contribution in [3.05, 3.63) is 152 Å². The first-order valence-electron chi connectivity index (χ1n) is 16.0. The molecule has 0 unspecified atom stereocenters. The predicted molar refractivity (Wildman–Crippen MR) is 206 cm³/mol. The Kier molecular flexibility index (Phi) is 6.22. The minimum atomic E-state index is 0.663. The molecule has 10 aromatic rings. The molecule has 0 N–H and O–H groups in total. The largest absolute Gasteiger partial charge is 0.208 e. The van der Waals surface area contributed by atoms with Gasteiger partial charge in [-0.2, -0.15) is 0 Å². The Bertz CT molecular complexity index is 2860. The predicted octanol–water partition coefficient (Wildman–Crippen LogP) is 12.2. The van der Waals surface area contributed by atoms with E-state index in [4.69, 9.17) is 15.0 Å². The highest BCUT2D eigenvalue weighted by Crippen LogP contribution is 2.41. The molecule has 0 spiro atoms. The zero-order chi connectivity index (χ0) is 31.6. The van der Waals surface area contributed by atoms with E-state index in [1.165, 1.54) is 62.5 Å². The Morgan fingerprint density at radius 2 is 1.04 bits per heavy atom. The van der Waals surface area contributed by atoms with Crippen molar-refractivity contribution in [2.75, 3.05) is 0 Å². The van der Waals surface area contributed by atoms with E-state index in [0.29, 0.717) is 17.5 Å². The fourth-order valence-corrected chi connectivity index (χ4v) is 9.23. The van der Waals surface area contributed by atoms with Crippen LogP contribution in [0, 0.1) is 0 Å². The van der Waals surface area contributed by atoms with Crippen molar-refractivity contribution in [3.63, 3.8) is 0 Å². The standard InChI is InChI=1S/C43H25N3S2/c1-2-10-27-23-29(20-19-26(27)9-1)28-11-7-12-30(24-28)41-44-42(31-21-22-33-32-13-3-5-16-36(32)48-39(33)25-31)46-43(45-41)35-15-8-18-38-40(35)34-14-4-6-17-37(34)47-38/h1-25H/p+1. The summed E-state index contributed by atoms with van der Waals surface area (Å²) in [6.07, 6.45) is 0. The fourth-order valence-electron chi connectivity index (χ4n) is 6.84. The molecule has 0 aliphatic heterocycles. The molecule has 0 radical (unpaired) electrons. The van der Waals surface area contributed by atoms with Crippen molar-refractivity contribution < 1.29 is 0 Å². The summed E-state index contributed by atoms with van der Waals surface area (Å²) in [5.74, 6) is 2.02. The molecule has 0 fully saturated rings. The SMILES string of the molecule is c1cc(-c2ccc3ccccc3c2)cc(-c2nc(-c3ccc4c(c3)sc3ccccc34)nc(-c3cccc4[sH+]c5ccccc5c34)n2)c1. The van der Waals surface area contributed by atoms with Crippen molar-refractivity contribution in [1.29, 1.82) is 0 Å². The molecule has 3 heterocycles. The Labute approximate surface area is 284 Å². The third-order valence-corrected chi connectivity index (χ3v) is 11.6. The molecule has 3 aromatic heterocycles. The van der Waals surface area contributed by atoms with Gasteiger partial charge in [-0.3, -0.25) is 0 Å². The van der Waals surface area contributed by atoms with Crippen LogP contribution in [-0.4, -0.2) is 15.0 Å². The highest BCUT2D eigenvalue weighted by molar-refractivity contribution is 7.26. The Hall–Kier alpha value is -5.75. The molecular formula is C43H26N3S2+. The molecule has 5 heteroatoms. The third kappa shape index (κ3) is 4.51. The molecule has 0 aliphatic rings. The van der Waals surface area contributed by atoms with E-state index >= 15 is 0 Å². The van der Waals surface area contributed by atoms with Gasteiger partial charge in [0.25, 0.3) is 0 Å². The minimum absolute atomic E-state index is 0.663. The van der Waals surface area contributed by atoms with Gasteiger partial charge in [-0.05, 0) is 75.7 Å². The van der Waals surface area contributed by atoms with Crippen molar-refractivity contribution in [3.8, 4) is 45.3 Å². The summed E-state index contributed by atoms with van der Waals surface area (Å²) in [6, 6.07) is 54.0. The van der Waals surface area contributed by atoms with Gasteiger partial charge in [0, 0.05) is 42.2 Å². The van der Waals surface area contributed by atoms with E-state index in [0.717, 1.165) is 27.8 Å². The molecular weight excluding hydrogens is 623 g/mol. The second kappa shape index (κ2) is 10.9. The molecule has 10 rings (SSSR count). The van der Waals surface area contributed by atoms with Crippen molar-refractivity contribution in [1.82, 2.24) is 15.0 Å². The normalized spacial score (nSPS) is 11.8. The summed E-state index contributed by atoms with van der Waals surface area (Å²) < 4.78 is 5.10. The van der Waals surface area contributed by atoms with Crippen LogP contribution in [0.1, 0.15) is 0 Å². The number of benzene rings is 7. The van der Waals surface area contributed by atoms with Gasteiger partial charge < -0.3 is 0 Å². The van der Waals surface area contributed by atoms with E-state index in [-0.39, 0.29) is 0 Å².